The lowest BCUT2D eigenvalue weighted by Crippen LogP contribution is -2.11. The highest BCUT2D eigenvalue weighted by Crippen LogP contribution is 2.23. The maximum Gasteiger partial charge on any atom is 0.336 e. The van der Waals surface area contributed by atoms with Crippen molar-refractivity contribution in [2.75, 3.05) is 14.2 Å². The molecule has 0 spiro atoms. The first-order valence-corrected chi connectivity index (χ1v) is 7.63. The van der Waals surface area contributed by atoms with Crippen LogP contribution in [0.1, 0.15) is 11.1 Å². The van der Waals surface area contributed by atoms with E-state index >= 15 is 0 Å². The van der Waals surface area contributed by atoms with Crippen molar-refractivity contribution in [3.8, 4) is 11.5 Å². The van der Waals surface area contributed by atoms with E-state index in [4.69, 9.17) is 9.47 Å². The summed E-state index contributed by atoms with van der Waals surface area (Å²) in [5.74, 6) is -1.61. The first kappa shape index (κ1) is 18.8. The highest BCUT2D eigenvalue weighted by Gasteiger charge is 2.20. The summed E-state index contributed by atoms with van der Waals surface area (Å²) in [6.45, 7) is 0. The van der Waals surface area contributed by atoms with Crippen molar-refractivity contribution in [2.24, 2.45) is 0 Å². The van der Waals surface area contributed by atoms with Gasteiger partial charge in [-0.05, 0) is 47.5 Å². The van der Waals surface area contributed by atoms with Crippen LogP contribution in [0.3, 0.4) is 0 Å². The molecular weight excluding hydrogens is 336 g/mol. The summed E-state index contributed by atoms with van der Waals surface area (Å²) in [6, 6.07) is 13.4. The van der Waals surface area contributed by atoms with Crippen molar-refractivity contribution < 1.29 is 29.3 Å². The maximum atomic E-state index is 11.7. The Morgan fingerprint density at radius 3 is 1.46 bits per heavy atom. The SMILES string of the molecule is COc1cccc(/C=C(C(=O)O)/C(=C/c2cccc(OC)c2)C(=O)O)c1. The Hall–Kier alpha value is -3.54. The Bertz CT molecular complexity index is 806. The van der Waals surface area contributed by atoms with Gasteiger partial charge in [0.1, 0.15) is 11.5 Å². The minimum absolute atomic E-state index is 0.339. The van der Waals surface area contributed by atoms with E-state index in [1.807, 2.05) is 0 Å². The molecule has 6 nitrogen and oxygen atoms in total. The summed E-state index contributed by atoms with van der Waals surface area (Å²) in [6.07, 6.45) is 2.59. The van der Waals surface area contributed by atoms with E-state index in [0.717, 1.165) is 0 Å². The molecule has 2 rings (SSSR count). The van der Waals surface area contributed by atoms with Crippen molar-refractivity contribution in [2.45, 2.75) is 0 Å². The van der Waals surface area contributed by atoms with Gasteiger partial charge in [-0.2, -0.15) is 0 Å². The smallest absolute Gasteiger partial charge is 0.336 e. The van der Waals surface area contributed by atoms with Gasteiger partial charge in [-0.25, -0.2) is 9.59 Å². The summed E-state index contributed by atoms with van der Waals surface area (Å²) < 4.78 is 10.2. The third-order valence-electron chi connectivity index (χ3n) is 3.56. The molecule has 0 radical (unpaired) electrons. The molecule has 2 aromatic carbocycles. The Morgan fingerprint density at radius 1 is 0.769 bits per heavy atom. The first-order chi connectivity index (χ1) is 12.4. The molecule has 6 heteroatoms. The van der Waals surface area contributed by atoms with Crippen LogP contribution in [0.25, 0.3) is 12.2 Å². The lowest BCUT2D eigenvalue weighted by molar-refractivity contribution is -0.136. The second-order valence-electron chi connectivity index (χ2n) is 5.28. The largest absolute Gasteiger partial charge is 0.497 e. The van der Waals surface area contributed by atoms with Crippen LogP contribution < -0.4 is 9.47 Å². The molecule has 0 aromatic heterocycles. The number of carboxylic acid groups (broad SMARTS) is 2. The van der Waals surface area contributed by atoms with Crippen LogP contribution in [-0.2, 0) is 9.59 Å². The van der Waals surface area contributed by atoms with Crippen LogP contribution in [-0.4, -0.2) is 36.4 Å². The van der Waals surface area contributed by atoms with E-state index < -0.39 is 11.9 Å². The number of hydrogen-bond donors (Lipinski definition) is 2. The van der Waals surface area contributed by atoms with Crippen LogP contribution in [0, 0.1) is 0 Å². The van der Waals surface area contributed by atoms with E-state index in [1.54, 1.807) is 48.5 Å². The van der Waals surface area contributed by atoms with Gasteiger partial charge in [-0.1, -0.05) is 24.3 Å². The number of aliphatic carboxylic acids is 2. The summed E-state index contributed by atoms with van der Waals surface area (Å²) in [4.78, 5) is 23.4. The van der Waals surface area contributed by atoms with Crippen molar-refractivity contribution in [3.05, 3.63) is 70.8 Å². The Kier molecular flexibility index (Phi) is 6.16. The quantitative estimate of drug-likeness (QED) is 0.585. The molecule has 0 unspecified atom stereocenters. The highest BCUT2D eigenvalue weighted by atomic mass is 16.5. The minimum atomic E-state index is -1.34. The van der Waals surface area contributed by atoms with E-state index in [-0.39, 0.29) is 11.1 Å². The third kappa shape index (κ3) is 4.73. The van der Waals surface area contributed by atoms with Gasteiger partial charge in [0.25, 0.3) is 0 Å². The number of carbonyl (C=O) groups is 2. The zero-order valence-electron chi connectivity index (χ0n) is 14.3. The summed E-state index contributed by atoms with van der Waals surface area (Å²) in [5, 5.41) is 19.1. The van der Waals surface area contributed by atoms with Gasteiger partial charge in [-0.3, -0.25) is 0 Å². The Balaban J connectivity index is 2.55. The monoisotopic (exact) mass is 354 g/mol. The highest BCUT2D eigenvalue weighted by molar-refractivity contribution is 6.11. The van der Waals surface area contributed by atoms with Crippen molar-refractivity contribution >= 4 is 24.1 Å². The lowest BCUT2D eigenvalue weighted by Gasteiger charge is -2.07. The van der Waals surface area contributed by atoms with Gasteiger partial charge in [0.2, 0.25) is 0 Å². The molecule has 2 aromatic rings. The maximum absolute atomic E-state index is 11.7. The number of carboxylic acids is 2. The standard InChI is InChI=1S/C20H18O6/c1-25-15-7-3-5-13(9-15)11-17(19(21)22)18(20(23)24)12-14-6-4-8-16(10-14)26-2/h3-12H,1-2H3,(H,21,22)(H,23,24)/b17-11-,18-12-. The van der Waals surface area contributed by atoms with Gasteiger partial charge in [0.05, 0.1) is 25.4 Å². The third-order valence-corrected chi connectivity index (χ3v) is 3.56. The lowest BCUT2D eigenvalue weighted by atomic mass is 10.00. The van der Waals surface area contributed by atoms with Gasteiger partial charge >= 0.3 is 11.9 Å². The first-order valence-electron chi connectivity index (χ1n) is 7.63. The van der Waals surface area contributed by atoms with Gasteiger partial charge < -0.3 is 19.7 Å². The number of hydrogen-bond acceptors (Lipinski definition) is 4. The molecule has 0 atom stereocenters. The molecule has 2 N–H and O–H groups in total. The van der Waals surface area contributed by atoms with Crippen molar-refractivity contribution in [3.63, 3.8) is 0 Å². The predicted octanol–water partition coefficient (Wildman–Crippen LogP) is 3.34. The molecule has 0 heterocycles. The Morgan fingerprint density at radius 2 is 1.15 bits per heavy atom. The zero-order valence-corrected chi connectivity index (χ0v) is 14.3. The molecule has 0 bridgehead atoms. The second-order valence-corrected chi connectivity index (χ2v) is 5.28. The molecule has 0 aliphatic heterocycles. The molecule has 0 saturated heterocycles. The van der Waals surface area contributed by atoms with E-state index in [9.17, 15) is 19.8 Å². The predicted molar refractivity (Wildman–Crippen MR) is 97.2 cm³/mol. The molecule has 0 aliphatic carbocycles. The topological polar surface area (TPSA) is 93.1 Å². The van der Waals surface area contributed by atoms with Gasteiger partial charge in [0.15, 0.2) is 0 Å². The molecule has 0 saturated carbocycles. The minimum Gasteiger partial charge on any atom is -0.497 e. The summed E-state index contributed by atoms with van der Waals surface area (Å²) >= 11 is 0. The fraction of sp³-hybridized carbons (Fsp3) is 0.100. The fourth-order valence-electron chi connectivity index (χ4n) is 2.31. The summed E-state index contributed by atoms with van der Waals surface area (Å²) in [5.41, 5.74) is 0.348. The molecule has 26 heavy (non-hydrogen) atoms. The van der Waals surface area contributed by atoms with Crippen LogP contribution >= 0.6 is 0 Å². The zero-order chi connectivity index (χ0) is 19.1. The van der Waals surface area contributed by atoms with E-state index in [0.29, 0.717) is 22.6 Å². The number of rotatable bonds is 7. The number of methoxy groups -OCH3 is 2. The molecular formula is C20H18O6. The molecule has 134 valence electrons. The normalized spacial score (nSPS) is 11.8. The van der Waals surface area contributed by atoms with Crippen LogP contribution in [0.4, 0.5) is 0 Å². The summed E-state index contributed by atoms with van der Waals surface area (Å²) in [7, 11) is 2.98. The average molecular weight is 354 g/mol. The van der Waals surface area contributed by atoms with E-state index in [2.05, 4.69) is 0 Å². The number of ether oxygens (including phenoxy) is 2. The molecule has 0 fully saturated rings. The van der Waals surface area contributed by atoms with Crippen molar-refractivity contribution in [1.82, 2.24) is 0 Å². The molecule has 0 amide bonds. The second kappa shape index (κ2) is 8.53. The van der Waals surface area contributed by atoms with E-state index in [1.165, 1.54) is 26.4 Å². The number of benzene rings is 2. The average Bonchev–Trinajstić information content (AvgIpc) is 2.64. The van der Waals surface area contributed by atoms with Crippen LogP contribution in [0.15, 0.2) is 59.7 Å². The molecule has 0 aliphatic rings. The van der Waals surface area contributed by atoms with Crippen LogP contribution in [0.5, 0.6) is 11.5 Å². The Labute approximate surface area is 150 Å². The fourth-order valence-corrected chi connectivity index (χ4v) is 2.31. The van der Waals surface area contributed by atoms with Gasteiger partial charge in [0, 0.05) is 0 Å². The van der Waals surface area contributed by atoms with Crippen LogP contribution in [0.2, 0.25) is 0 Å². The van der Waals surface area contributed by atoms with Crippen molar-refractivity contribution in [1.29, 1.82) is 0 Å². The van der Waals surface area contributed by atoms with Gasteiger partial charge in [-0.15, -0.1) is 0 Å².